The fourth-order valence-corrected chi connectivity index (χ4v) is 2.99. The van der Waals surface area contributed by atoms with Crippen molar-refractivity contribution in [1.82, 2.24) is 0 Å². The van der Waals surface area contributed by atoms with Gasteiger partial charge in [-0.05, 0) is 52.2 Å². The largest absolute Gasteiger partial charge is 0.506 e. The lowest BCUT2D eigenvalue weighted by Gasteiger charge is -2.08. The molecule has 0 aliphatic carbocycles. The van der Waals surface area contributed by atoms with Crippen molar-refractivity contribution in [2.75, 3.05) is 0 Å². The van der Waals surface area contributed by atoms with Crippen LogP contribution in [0.4, 0.5) is 0 Å². The Hall–Kier alpha value is -2.07. The van der Waals surface area contributed by atoms with Gasteiger partial charge in [0.2, 0.25) is 0 Å². The zero-order valence-electron chi connectivity index (χ0n) is 11.4. The summed E-state index contributed by atoms with van der Waals surface area (Å²) in [4.78, 5) is 12.1. The molecule has 3 aromatic rings. The van der Waals surface area contributed by atoms with Crippen molar-refractivity contribution in [3.63, 3.8) is 0 Å². The number of hydrogen-bond donors (Lipinski definition) is 1. The van der Waals surface area contributed by atoms with Crippen LogP contribution in [0, 0.1) is 6.92 Å². The molecular weight excluding hydrogens is 332 g/mol. The summed E-state index contributed by atoms with van der Waals surface area (Å²) in [5.74, 6) is 0.160. The van der Waals surface area contributed by atoms with Crippen LogP contribution in [0.25, 0.3) is 11.0 Å². The summed E-state index contributed by atoms with van der Waals surface area (Å²) in [5.41, 5.74) is 2.44. The van der Waals surface area contributed by atoms with E-state index in [-0.39, 0.29) is 11.4 Å². The zero-order chi connectivity index (χ0) is 15.0. The van der Waals surface area contributed by atoms with Crippen LogP contribution in [-0.4, -0.2) is 5.11 Å². The standard InChI is InChI=1S/C17H13BrO3/c1-10-6-12(16(19)14(18)7-10)9-13-8-11-4-2-3-5-15(11)21-17(13)20/h2-8,19H,9H2,1H3. The quantitative estimate of drug-likeness (QED) is 0.710. The summed E-state index contributed by atoms with van der Waals surface area (Å²) in [5, 5.41) is 11.0. The minimum Gasteiger partial charge on any atom is -0.506 e. The van der Waals surface area contributed by atoms with Gasteiger partial charge in [-0.3, -0.25) is 0 Å². The van der Waals surface area contributed by atoms with Gasteiger partial charge in [-0.15, -0.1) is 0 Å². The van der Waals surface area contributed by atoms with E-state index in [0.29, 0.717) is 27.6 Å². The topological polar surface area (TPSA) is 50.4 Å². The molecule has 0 atom stereocenters. The maximum atomic E-state index is 12.1. The normalized spacial score (nSPS) is 11.0. The molecule has 0 aliphatic rings. The lowest BCUT2D eigenvalue weighted by molar-refractivity contribution is 0.465. The highest BCUT2D eigenvalue weighted by molar-refractivity contribution is 9.10. The Morgan fingerprint density at radius 2 is 1.90 bits per heavy atom. The van der Waals surface area contributed by atoms with E-state index in [4.69, 9.17) is 4.42 Å². The predicted octanol–water partition coefficient (Wildman–Crippen LogP) is 4.16. The van der Waals surface area contributed by atoms with Crippen LogP contribution in [0.3, 0.4) is 0 Å². The van der Waals surface area contributed by atoms with Crippen molar-refractivity contribution in [2.45, 2.75) is 13.3 Å². The molecule has 106 valence electrons. The molecular formula is C17H13BrO3. The second-order valence-corrected chi connectivity index (χ2v) is 5.88. The number of halogens is 1. The van der Waals surface area contributed by atoms with E-state index in [9.17, 15) is 9.90 Å². The van der Waals surface area contributed by atoms with Crippen LogP contribution in [0.1, 0.15) is 16.7 Å². The Kier molecular flexibility index (Phi) is 3.55. The number of aryl methyl sites for hydroxylation is 1. The third kappa shape index (κ3) is 2.72. The van der Waals surface area contributed by atoms with E-state index in [1.165, 1.54) is 0 Å². The molecule has 0 radical (unpaired) electrons. The highest BCUT2D eigenvalue weighted by atomic mass is 79.9. The second-order valence-electron chi connectivity index (χ2n) is 5.03. The first-order chi connectivity index (χ1) is 10.0. The third-order valence-electron chi connectivity index (χ3n) is 3.38. The first-order valence-electron chi connectivity index (χ1n) is 6.54. The highest BCUT2D eigenvalue weighted by Gasteiger charge is 2.11. The van der Waals surface area contributed by atoms with E-state index in [0.717, 1.165) is 10.9 Å². The number of rotatable bonds is 2. The minimum absolute atomic E-state index is 0.160. The molecule has 1 N–H and O–H groups in total. The Balaban J connectivity index is 2.10. The van der Waals surface area contributed by atoms with E-state index < -0.39 is 0 Å². The van der Waals surface area contributed by atoms with Gasteiger partial charge in [-0.25, -0.2) is 4.79 Å². The molecule has 0 saturated heterocycles. The number of aromatic hydroxyl groups is 1. The van der Waals surface area contributed by atoms with Crippen LogP contribution in [0.5, 0.6) is 5.75 Å². The van der Waals surface area contributed by atoms with Gasteiger partial charge < -0.3 is 9.52 Å². The third-order valence-corrected chi connectivity index (χ3v) is 3.99. The Morgan fingerprint density at radius 1 is 1.14 bits per heavy atom. The smallest absolute Gasteiger partial charge is 0.339 e. The Morgan fingerprint density at radius 3 is 2.71 bits per heavy atom. The highest BCUT2D eigenvalue weighted by Crippen LogP contribution is 2.30. The second kappa shape index (κ2) is 5.37. The van der Waals surface area contributed by atoms with Crippen molar-refractivity contribution < 1.29 is 9.52 Å². The minimum atomic E-state index is -0.370. The Labute approximate surface area is 130 Å². The molecule has 0 amide bonds. The van der Waals surface area contributed by atoms with Gasteiger partial charge in [0.05, 0.1) is 4.47 Å². The van der Waals surface area contributed by atoms with Crippen molar-refractivity contribution in [2.24, 2.45) is 0 Å². The predicted molar refractivity (Wildman–Crippen MR) is 85.8 cm³/mol. The average molecular weight is 345 g/mol. The van der Waals surface area contributed by atoms with Crippen LogP contribution in [-0.2, 0) is 6.42 Å². The van der Waals surface area contributed by atoms with Gasteiger partial charge >= 0.3 is 5.63 Å². The monoisotopic (exact) mass is 344 g/mol. The molecule has 0 spiro atoms. The summed E-state index contributed by atoms with van der Waals surface area (Å²) < 4.78 is 5.94. The molecule has 0 unspecified atom stereocenters. The Bertz CT molecular complexity index is 881. The molecule has 3 nitrogen and oxygen atoms in total. The van der Waals surface area contributed by atoms with Crippen molar-refractivity contribution >= 4 is 26.9 Å². The number of fused-ring (bicyclic) bond motifs is 1. The summed E-state index contributed by atoms with van der Waals surface area (Å²) in [6.07, 6.45) is 0.333. The average Bonchev–Trinajstić information content (AvgIpc) is 2.45. The van der Waals surface area contributed by atoms with Gasteiger partial charge in [0, 0.05) is 17.4 Å². The van der Waals surface area contributed by atoms with Crippen LogP contribution < -0.4 is 5.63 Å². The fourth-order valence-electron chi connectivity index (χ4n) is 2.37. The van der Waals surface area contributed by atoms with E-state index in [1.54, 1.807) is 6.07 Å². The van der Waals surface area contributed by atoms with Crippen LogP contribution in [0.2, 0.25) is 0 Å². The molecule has 21 heavy (non-hydrogen) atoms. The number of phenols is 1. The van der Waals surface area contributed by atoms with Crippen LogP contribution in [0.15, 0.2) is 56.1 Å². The number of benzene rings is 2. The summed E-state index contributed by atoms with van der Waals surface area (Å²) >= 11 is 3.32. The van der Waals surface area contributed by atoms with Crippen LogP contribution >= 0.6 is 15.9 Å². The van der Waals surface area contributed by atoms with Gasteiger partial charge in [0.15, 0.2) is 0 Å². The summed E-state index contributed by atoms with van der Waals surface area (Å²) in [6.45, 7) is 1.94. The first kappa shape index (κ1) is 13.9. The fraction of sp³-hybridized carbons (Fsp3) is 0.118. The lowest BCUT2D eigenvalue weighted by Crippen LogP contribution is -2.08. The van der Waals surface area contributed by atoms with E-state index in [1.807, 2.05) is 43.3 Å². The zero-order valence-corrected chi connectivity index (χ0v) is 13.0. The maximum absolute atomic E-state index is 12.1. The van der Waals surface area contributed by atoms with E-state index in [2.05, 4.69) is 15.9 Å². The molecule has 0 aliphatic heterocycles. The molecule has 2 aromatic carbocycles. The molecule has 0 saturated carbocycles. The first-order valence-corrected chi connectivity index (χ1v) is 7.33. The van der Waals surface area contributed by atoms with Crippen molar-refractivity contribution in [1.29, 1.82) is 0 Å². The lowest BCUT2D eigenvalue weighted by atomic mass is 10.0. The molecule has 1 heterocycles. The molecule has 1 aromatic heterocycles. The molecule has 0 fully saturated rings. The number of hydrogen-bond acceptors (Lipinski definition) is 3. The van der Waals surface area contributed by atoms with Gasteiger partial charge in [0.1, 0.15) is 11.3 Å². The van der Waals surface area contributed by atoms with E-state index >= 15 is 0 Å². The van der Waals surface area contributed by atoms with Crippen molar-refractivity contribution in [3.05, 3.63) is 74.0 Å². The van der Waals surface area contributed by atoms with Gasteiger partial charge in [-0.1, -0.05) is 24.3 Å². The molecule has 0 bridgehead atoms. The summed E-state index contributed by atoms with van der Waals surface area (Å²) in [7, 11) is 0. The maximum Gasteiger partial charge on any atom is 0.339 e. The molecule has 3 rings (SSSR count). The van der Waals surface area contributed by atoms with Crippen molar-refractivity contribution in [3.8, 4) is 5.75 Å². The SMILES string of the molecule is Cc1cc(Br)c(O)c(Cc2cc3ccccc3oc2=O)c1. The summed E-state index contributed by atoms with van der Waals surface area (Å²) in [6, 6.07) is 12.9. The van der Waals surface area contributed by atoms with Gasteiger partial charge in [0.25, 0.3) is 0 Å². The number of phenolic OH excluding ortho intramolecular Hbond substituents is 1. The molecule has 4 heteroatoms. The number of para-hydroxylation sites is 1. The van der Waals surface area contributed by atoms with Gasteiger partial charge in [-0.2, -0.15) is 0 Å².